The molecule has 0 saturated heterocycles. The van der Waals surface area contributed by atoms with Crippen LogP contribution in [0.5, 0.6) is 0 Å². The first kappa shape index (κ1) is 7.25. The third-order valence-corrected chi connectivity index (χ3v) is 3.05. The van der Waals surface area contributed by atoms with Crippen molar-refractivity contribution in [2.24, 2.45) is 0 Å². The van der Waals surface area contributed by atoms with E-state index in [0.717, 1.165) is 23.5 Å². The van der Waals surface area contributed by atoms with Crippen LogP contribution in [0.15, 0.2) is 5.38 Å². The van der Waals surface area contributed by atoms with Gasteiger partial charge < -0.3 is 5.11 Å². The second kappa shape index (κ2) is 2.57. The van der Waals surface area contributed by atoms with Gasteiger partial charge in [0.1, 0.15) is 0 Å². The fourth-order valence-corrected chi connectivity index (χ4v) is 2.05. The fourth-order valence-electron chi connectivity index (χ4n) is 1.38. The SMILES string of the molecule is Cc1nc(C2CCC2O)cs1. The number of hydrogen-bond donors (Lipinski definition) is 1. The van der Waals surface area contributed by atoms with Gasteiger partial charge in [-0.05, 0) is 19.8 Å². The van der Waals surface area contributed by atoms with Crippen LogP contribution < -0.4 is 0 Å². The zero-order valence-electron chi connectivity index (χ0n) is 6.45. The molecule has 0 radical (unpaired) electrons. The van der Waals surface area contributed by atoms with E-state index in [0.29, 0.717) is 5.92 Å². The lowest BCUT2D eigenvalue weighted by atomic mass is 9.80. The van der Waals surface area contributed by atoms with E-state index in [-0.39, 0.29) is 6.10 Å². The van der Waals surface area contributed by atoms with Gasteiger partial charge in [-0.2, -0.15) is 0 Å². The van der Waals surface area contributed by atoms with E-state index in [4.69, 9.17) is 0 Å². The van der Waals surface area contributed by atoms with Crippen molar-refractivity contribution in [3.05, 3.63) is 16.1 Å². The van der Waals surface area contributed by atoms with Gasteiger partial charge >= 0.3 is 0 Å². The Labute approximate surface area is 69.9 Å². The number of rotatable bonds is 1. The highest BCUT2D eigenvalue weighted by molar-refractivity contribution is 7.09. The summed E-state index contributed by atoms with van der Waals surface area (Å²) in [4.78, 5) is 4.34. The molecular weight excluding hydrogens is 158 g/mol. The quantitative estimate of drug-likeness (QED) is 0.694. The third kappa shape index (κ3) is 1.19. The number of aliphatic hydroxyl groups excluding tert-OH is 1. The van der Waals surface area contributed by atoms with Crippen LogP contribution in [0.2, 0.25) is 0 Å². The van der Waals surface area contributed by atoms with Crippen LogP contribution in [-0.4, -0.2) is 16.2 Å². The van der Waals surface area contributed by atoms with Crippen molar-refractivity contribution >= 4 is 11.3 Å². The van der Waals surface area contributed by atoms with Gasteiger partial charge in [0.05, 0.1) is 16.8 Å². The molecule has 2 nitrogen and oxygen atoms in total. The summed E-state index contributed by atoms with van der Waals surface area (Å²) < 4.78 is 0. The highest BCUT2D eigenvalue weighted by Crippen LogP contribution is 2.36. The van der Waals surface area contributed by atoms with Crippen molar-refractivity contribution in [1.82, 2.24) is 4.98 Å². The Morgan fingerprint density at radius 1 is 1.64 bits per heavy atom. The van der Waals surface area contributed by atoms with Crippen molar-refractivity contribution in [3.8, 4) is 0 Å². The first-order chi connectivity index (χ1) is 5.27. The van der Waals surface area contributed by atoms with Crippen molar-refractivity contribution < 1.29 is 5.11 Å². The van der Waals surface area contributed by atoms with Crippen LogP contribution >= 0.6 is 11.3 Å². The first-order valence-corrected chi connectivity index (χ1v) is 4.75. The molecule has 2 unspecified atom stereocenters. The summed E-state index contributed by atoms with van der Waals surface area (Å²) in [5.41, 5.74) is 1.09. The van der Waals surface area contributed by atoms with Gasteiger partial charge in [0.2, 0.25) is 0 Å². The summed E-state index contributed by atoms with van der Waals surface area (Å²) in [6.45, 7) is 2.00. The van der Waals surface area contributed by atoms with Gasteiger partial charge in [0.15, 0.2) is 0 Å². The topological polar surface area (TPSA) is 33.1 Å². The Morgan fingerprint density at radius 2 is 2.45 bits per heavy atom. The molecule has 0 aliphatic heterocycles. The van der Waals surface area contributed by atoms with Crippen molar-refractivity contribution in [2.75, 3.05) is 0 Å². The Morgan fingerprint density at radius 3 is 2.82 bits per heavy atom. The van der Waals surface area contributed by atoms with Crippen LogP contribution in [-0.2, 0) is 0 Å². The van der Waals surface area contributed by atoms with E-state index >= 15 is 0 Å². The molecule has 1 heterocycles. The maximum Gasteiger partial charge on any atom is 0.0897 e. The summed E-state index contributed by atoms with van der Waals surface area (Å²) in [6.07, 6.45) is 1.92. The molecule has 1 aliphatic rings. The highest BCUT2D eigenvalue weighted by atomic mass is 32.1. The number of aromatic nitrogens is 1. The molecule has 1 aromatic rings. The lowest BCUT2D eigenvalue weighted by molar-refractivity contribution is 0.0645. The predicted molar refractivity (Wildman–Crippen MR) is 44.8 cm³/mol. The molecule has 0 amide bonds. The lowest BCUT2D eigenvalue weighted by Gasteiger charge is -2.30. The molecule has 2 atom stereocenters. The third-order valence-electron chi connectivity index (χ3n) is 2.25. The van der Waals surface area contributed by atoms with Crippen molar-refractivity contribution in [3.63, 3.8) is 0 Å². The molecule has 0 spiro atoms. The zero-order valence-corrected chi connectivity index (χ0v) is 7.27. The largest absolute Gasteiger partial charge is 0.392 e. The summed E-state index contributed by atoms with van der Waals surface area (Å²) in [6, 6.07) is 0. The monoisotopic (exact) mass is 169 g/mol. The van der Waals surface area contributed by atoms with Crippen LogP contribution in [0, 0.1) is 6.92 Å². The molecule has 0 aromatic carbocycles. The maximum atomic E-state index is 9.34. The predicted octanol–water partition coefficient (Wildman–Crippen LogP) is 1.69. The smallest absolute Gasteiger partial charge is 0.0897 e. The van der Waals surface area contributed by atoms with E-state index in [1.165, 1.54) is 0 Å². The van der Waals surface area contributed by atoms with Crippen molar-refractivity contribution in [1.29, 1.82) is 0 Å². The molecule has 60 valence electrons. The first-order valence-electron chi connectivity index (χ1n) is 3.87. The summed E-state index contributed by atoms with van der Waals surface area (Å²) in [5, 5.41) is 12.5. The molecule has 2 rings (SSSR count). The van der Waals surface area contributed by atoms with E-state index < -0.39 is 0 Å². The second-order valence-electron chi connectivity index (χ2n) is 3.04. The number of aliphatic hydroxyl groups is 1. The summed E-state index contributed by atoms with van der Waals surface area (Å²) >= 11 is 1.66. The van der Waals surface area contributed by atoms with Crippen LogP contribution in [0.4, 0.5) is 0 Å². The summed E-state index contributed by atoms with van der Waals surface area (Å²) in [5.74, 6) is 0.333. The normalized spacial score (nSPS) is 30.0. The molecule has 3 heteroatoms. The number of thiazole rings is 1. The molecule has 11 heavy (non-hydrogen) atoms. The molecule has 1 saturated carbocycles. The second-order valence-corrected chi connectivity index (χ2v) is 4.10. The molecule has 1 aliphatic carbocycles. The van der Waals surface area contributed by atoms with Gasteiger partial charge in [0.25, 0.3) is 0 Å². The molecule has 1 aromatic heterocycles. The molecular formula is C8H11NOS. The molecule has 1 fully saturated rings. The van der Waals surface area contributed by atoms with Gasteiger partial charge in [-0.1, -0.05) is 0 Å². The maximum absolute atomic E-state index is 9.34. The van der Waals surface area contributed by atoms with Gasteiger partial charge in [0, 0.05) is 11.3 Å². The Hall–Kier alpha value is -0.410. The molecule has 0 bridgehead atoms. The Kier molecular flexibility index (Phi) is 1.69. The fraction of sp³-hybridized carbons (Fsp3) is 0.625. The van der Waals surface area contributed by atoms with Crippen molar-refractivity contribution in [2.45, 2.75) is 31.8 Å². The molecule has 1 N–H and O–H groups in total. The van der Waals surface area contributed by atoms with E-state index in [1.807, 2.05) is 6.92 Å². The van der Waals surface area contributed by atoms with Crippen LogP contribution in [0.25, 0.3) is 0 Å². The standard InChI is InChI=1S/C8H11NOS/c1-5-9-7(4-11-5)6-2-3-8(6)10/h4,6,8,10H,2-3H2,1H3. The van der Waals surface area contributed by atoms with Crippen LogP contribution in [0.1, 0.15) is 29.5 Å². The van der Waals surface area contributed by atoms with Gasteiger partial charge in [-0.3, -0.25) is 0 Å². The van der Waals surface area contributed by atoms with Gasteiger partial charge in [-0.15, -0.1) is 11.3 Å². The van der Waals surface area contributed by atoms with Crippen LogP contribution in [0.3, 0.4) is 0 Å². The number of hydrogen-bond acceptors (Lipinski definition) is 3. The van der Waals surface area contributed by atoms with E-state index in [2.05, 4.69) is 10.4 Å². The van der Waals surface area contributed by atoms with Gasteiger partial charge in [-0.25, -0.2) is 4.98 Å². The number of aryl methyl sites for hydroxylation is 1. The Balaban J connectivity index is 2.16. The summed E-state index contributed by atoms with van der Waals surface area (Å²) in [7, 11) is 0. The van der Waals surface area contributed by atoms with E-state index in [9.17, 15) is 5.11 Å². The average Bonchev–Trinajstić information content (AvgIpc) is 2.33. The minimum absolute atomic E-state index is 0.128. The lowest BCUT2D eigenvalue weighted by Crippen LogP contribution is -2.29. The highest BCUT2D eigenvalue weighted by Gasteiger charge is 2.31. The average molecular weight is 169 g/mol. The number of nitrogens with zero attached hydrogens (tertiary/aromatic N) is 1. The minimum atomic E-state index is -0.128. The Bertz CT molecular complexity index is 258. The van der Waals surface area contributed by atoms with E-state index in [1.54, 1.807) is 11.3 Å². The minimum Gasteiger partial charge on any atom is -0.392 e. The zero-order chi connectivity index (χ0) is 7.84.